The second-order valence-corrected chi connectivity index (χ2v) is 8.34. The van der Waals surface area contributed by atoms with E-state index in [0.717, 1.165) is 36.6 Å². The first-order chi connectivity index (χ1) is 14.3. The van der Waals surface area contributed by atoms with Gasteiger partial charge >= 0.3 is 0 Å². The van der Waals surface area contributed by atoms with Gasteiger partial charge in [0.25, 0.3) is 0 Å². The molecule has 1 aliphatic carbocycles. The van der Waals surface area contributed by atoms with Crippen molar-refractivity contribution in [2.24, 2.45) is 0 Å². The number of aromatic nitrogens is 3. The molecule has 2 aromatic carbocycles. The maximum absolute atomic E-state index is 4.81. The van der Waals surface area contributed by atoms with Crippen LogP contribution < -0.4 is 4.90 Å². The molecule has 0 fully saturated rings. The molecule has 0 saturated carbocycles. The number of anilines is 1. The number of rotatable bonds is 5. The third-order valence-electron chi connectivity index (χ3n) is 5.64. The normalized spacial score (nSPS) is 14.6. The minimum absolute atomic E-state index is 0.942. The minimum atomic E-state index is 0.942. The number of nitrogens with zero attached hydrogens (tertiary/aromatic N) is 4. The van der Waals surface area contributed by atoms with Gasteiger partial charge in [-0.3, -0.25) is 0 Å². The number of allylic oxidation sites excluding steroid dienone is 1. The van der Waals surface area contributed by atoms with E-state index in [2.05, 4.69) is 72.4 Å². The molecule has 0 saturated heterocycles. The minimum Gasteiger partial charge on any atom is -0.372 e. The van der Waals surface area contributed by atoms with Crippen LogP contribution in [-0.2, 0) is 6.42 Å². The molecule has 4 nitrogen and oxygen atoms in total. The van der Waals surface area contributed by atoms with E-state index in [9.17, 15) is 0 Å². The highest BCUT2D eigenvalue weighted by molar-refractivity contribution is 7.20. The molecule has 2 heterocycles. The fourth-order valence-electron chi connectivity index (χ4n) is 4.10. The van der Waals surface area contributed by atoms with Gasteiger partial charge in [-0.2, -0.15) is 5.10 Å². The molecule has 0 radical (unpaired) electrons. The van der Waals surface area contributed by atoms with Crippen LogP contribution in [0.3, 0.4) is 0 Å². The van der Waals surface area contributed by atoms with Crippen molar-refractivity contribution in [2.75, 3.05) is 18.0 Å². The fourth-order valence-corrected chi connectivity index (χ4v) is 5.03. The molecule has 0 bridgehead atoms. The molecular formula is C24H24N4S. The first kappa shape index (κ1) is 18.1. The van der Waals surface area contributed by atoms with E-state index in [1.54, 1.807) is 11.3 Å². The summed E-state index contributed by atoms with van der Waals surface area (Å²) < 4.78 is 3.23. The lowest BCUT2D eigenvalue weighted by Crippen LogP contribution is -2.21. The molecule has 0 unspecified atom stereocenters. The molecule has 5 heteroatoms. The van der Waals surface area contributed by atoms with Crippen LogP contribution in [0.25, 0.3) is 27.0 Å². The quantitative estimate of drug-likeness (QED) is 0.424. The van der Waals surface area contributed by atoms with E-state index in [1.807, 2.05) is 16.9 Å². The first-order valence-corrected chi connectivity index (χ1v) is 11.1. The Morgan fingerprint density at radius 3 is 2.59 bits per heavy atom. The van der Waals surface area contributed by atoms with Crippen LogP contribution in [0, 0.1) is 0 Å². The molecule has 29 heavy (non-hydrogen) atoms. The third-order valence-corrected chi connectivity index (χ3v) is 6.65. The van der Waals surface area contributed by atoms with Crippen LogP contribution >= 0.6 is 11.3 Å². The van der Waals surface area contributed by atoms with Crippen molar-refractivity contribution in [3.05, 3.63) is 71.5 Å². The lowest BCUT2D eigenvalue weighted by Gasteiger charge is -2.20. The smallest absolute Gasteiger partial charge is 0.212 e. The SMILES string of the molecule is CCN(CC)c1ccc(/C=C2\CCc3cnn(-c4nc5ccccc5s4)c32)cc1. The zero-order valence-corrected chi connectivity index (χ0v) is 17.6. The van der Waals surface area contributed by atoms with Gasteiger partial charge in [0.15, 0.2) is 0 Å². The predicted octanol–water partition coefficient (Wildman–Crippen LogP) is 5.82. The summed E-state index contributed by atoms with van der Waals surface area (Å²) >= 11 is 1.70. The van der Waals surface area contributed by atoms with Gasteiger partial charge in [0.2, 0.25) is 5.13 Å². The monoisotopic (exact) mass is 400 g/mol. The Balaban J connectivity index is 1.50. The van der Waals surface area contributed by atoms with Crippen molar-refractivity contribution in [2.45, 2.75) is 26.7 Å². The van der Waals surface area contributed by atoms with Gasteiger partial charge in [0, 0.05) is 18.8 Å². The van der Waals surface area contributed by atoms with Crippen LogP contribution in [0.1, 0.15) is 37.1 Å². The van der Waals surface area contributed by atoms with Crippen molar-refractivity contribution in [3.8, 4) is 5.13 Å². The molecule has 0 amide bonds. The van der Waals surface area contributed by atoms with Crippen molar-refractivity contribution < 1.29 is 0 Å². The van der Waals surface area contributed by atoms with E-state index in [4.69, 9.17) is 4.98 Å². The standard InChI is InChI=1S/C24H24N4S/c1-3-27(4-2)20-13-9-17(10-14-20)15-18-11-12-19-16-25-28(23(18)19)24-26-21-7-5-6-8-22(21)29-24/h5-10,13-16H,3-4,11-12H2,1-2H3/b18-15+. The van der Waals surface area contributed by atoms with E-state index in [0.29, 0.717) is 0 Å². The summed E-state index contributed by atoms with van der Waals surface area (Å²) in [5.41, 5.74) is 7.43. The van der Waals surface area contributed by atoms with Crippen molar-refractivity contribution in [1.29, 1.82) is 0 Å². The Labute approximate surface area is 175 Å². The average molecular weight is 401 g/mol. The van der Waals surface area contributed by atoms with Gasteiger partial charge in [-0.1, -0.05) is 35.6 Å². The van der Waals surface area contributed by atoms with Gasteiger partial charge in [-0.25, -0.2) is 9.67 Å². The summed E-state index contributed by atoms with van der Waals surface area (Å²) in [6.45, 7) is 6.45. The van der Waals surface area contributed by atoms with Gasteiger partial charge in [0.1, 0.15) is 0 Å². The number of hydrogen-bond acceptors (Lipinski definition) is 4. The van der Waals surface area contributed by atoms with E-state index in [-0.39, 0.29) is 0 Å². The molecular weight excluding hydrogens is 376 g/mol. The number of benzene rings is 2. The molecule has 0 atom stereocenters. The molecule has 0 spiro atoms. The summed E-state index contributed by atoms with van der Waals surface area (Å²) in [5, 5.41) is 5.61. The topological polar surface area (TPSA) is 34.0 Å². The first-order valence-electron chi connectivity index (χ1n) is 10.3. The van der Waals surface area contributed by atoms with Crippen LogP contribution in [0.2, 0.25) is 0 Å². The maximum Gasteiger partial charge on any atom is 0.212 e. The number of fused-ring (bicyclic) bond motifs is 2. The number of aryl methyl sites for hydroxylation is 1. The van der Waals surface area contributed by atoms with Gasteiger partial charge in [0.05, 0.1) is 22.1 Å². The van der Waals surface area contributed by atoms with E-state index < -0.39 is 0 Å². The van der Waals surface area contributed by atoms with Crippen LogP contribution in [0.5, 0.6) is 0 Å². The number of thiazole rings is 1. The highest BCUT2D eigenvalue weighted by atomic mass is 32.1. The van der Waals surface area contributed by atoms with Crippen molar-refractivity contribution in [3.63, 3.8) is 0 Å². The fraction of sp³-hybridized carbons (Fsp3) is 0.250. The zero-order valence-electron chi connectivity index (χ0n) is 16.8. The van der Waals surface area contributed by atoms with Gasteiger partial charge in [-0.15, -0.1) is 0 Å². The Bertz CT molecular complexity index is 1150. The second-order valence-electron chi connectivity index (χ2n) is 7.33. The lowest BCUT2D eigenvalue weighted by molar-refractivity contribution is 0.858. The van der Waals surface area contributed by atoms with Gasteiger partial charge < -0.3 is 4.90 Å². The van der Waals surface area contributed by atoms with E-state index in [1.165, 1.54) is 32.8 Å². The van der Waals surface area contributed by atoms with Crippen LogP contribution in [-0.4, -0.2) is 27.9 Å². The molecule has 0 N–H and O–H groups in total. The van der Waals surface area contributed by atoms with Gasteiger partial charge in [-0.05, 0) is 73.7 Å². The largest absolute Gasteiger partial charge is 0.372 e. The Morgan fingerprint density at radius 1 is 1.03 bits per heavy atom. The van der Waals surface area contributed by atoms with Crippen LogP contribution in [0.4, 0.5) is 5.69 Å². The number of hydrogen-bond donors (Lipinski definition) is 0. The summed E-state index contributed by atoms with van der Waals surface area (Å²) in [7, 11) is 0. The summed E-state index contributed by atoms with van der Waals surface area (Å²) in [6.07, 6.45) is 6.41. The molecule has 2 aromatic heterocycles. The Kier molecular flexibility index (Phi) is 4.68. The Morgan fingerprint density at radius 2 is 1.83 bits per heavy atom. The molecule has 4 aromatic rings. The summed E-state index contributed by atoms with van der Waals surface area (Å²) in [5.74, 6) is 0. The second kappa shape index (κ2) is 7.48. The van der Waals surface area contributed by atoms with Crippen molar-refractivity contribution in [1.82, 2.24) is 14.8 Å². The predicted molar refractivity (Wildman–Crippen MR) is 123 cm³/mol. The van der Waals surface area contributed by atoms with E-state index >= 15 is 0 Å². The lowest BCUT2D eigenvalue weighted by atomic mass is 10.1. The zero-order chi connectivity index (χ0) is 19.8. The summed E-state index contributed by atoms with van der Waals surface area (Å²) in [6, 6.07) is 17.2. The summed E-state index contributed by atoms with van der Waals surface area (Å²) in [4.78, 5) is 7.18. The third kappa shape index (κ3) is 3.25. The van der Waals surface area contributed by atoms with Crippen LogP contribution in [0.15, 0.2) is 54.7 Å². The molecule has 0 aliphatic heterocycles. The molecule has 5 rings (SSSR count). The highest BCUT2D eigenvalue weighted by Gasteiger charge is 2.24. The average Bonchev–Trinajstić information content (AvgIpc) is 3.45. The molecule has 146 valence electrons. The Hall–Kier alpha value is -2.92. The number of para-hydroxylation sites is 1. The maximum atomic E-state index is 4.81. The highest BCUT2D eigenvalue weighted by Crippen LogP contribution is 2.36. The van der Waals surface area contributed by atoms with Crippen molar-refractivity contribution >= 4 is 38.9 Å². The molecule has 1 aliphatic rings.